The summed E-state index contributed by atoms with van der Waals surface area (Å²) < 4.78 is 5.35. The Morgan fingerprint density at radius 3 is 2.91 bits per heavy atom. The van der Waals surface area contributed by atoms with Crippen LogP contribution < -0.4 is 20.7 Å². The van der Waals surface area contributed by atoms with Gasteiger partial charge >= 0.3 is 0 Å². The summed E-state index contributed by atoms with van der Waals surface area (Å²) in [7, 11) is 1.58. The molecule has 0 atom stereocenters. The van der Waals surface area contributed by atoms with E-state index >= 15 is 0 Å². The van der Waals surface area contributed by atoms with Crippen LogP contribution in [0, 0.1) is 0 Å². The molecule has 1 fully saturated rings. The van der Waals surface area contributed by atoms with Gasteiger partial charge < -0.3 is 20.7 Å². The van der Waals surface area contributed by atoms with E-state index in [1.165, 1.54) is 0 Å². The first-order chi connectivity index (χ1) is 10.7. The van der Waals surface area contributed by atoms with E-state index in [4.69, 9.17) is 10.5 Å². The van der Waals surface area contributed by atoms with Crippen molar-refractivity contribution in [1.29, 1.82) is 0 Å². The minimum atomic E-state index is -0.0773. The fraction of sp³-hybridized carbons (Fsp3) is 0.500. The molecule has 6 nitrogen and oxygen atoms in total. The van der Waals surface area contributed by atoms with Crippen LogP contribution in [-0.2, 0) is 9.59 Å². The smallest absolute Gasteiger partial charge is 0.227 e. The summed E-state index contributed by atoms with van der Waals surface area (Å²) in [6.45, 7) is 1.17. The second kappa shape index (κ2) is 7.79. The Balaban J connectivity index is 2.18. The summed E-state index contributed by atoms with van der Waals surface area (Å²) in [4.78, 5) is 25.6. The zero-order chi connectivity index (χ0) is 15.9. The summed E-state index contributed by atoms with van der Waals surface area (Å²) in [5.41, 5.74) is 6.78. The molecular weight excluding hydrogens is 282 g/mol. The lowest BCUT2D eigenvalue weighted by atomic mass is 10.1. The summed E-state index contributed by atoms with van der Waals surface area (Å²) in [6, 6.07) is 5.34. The van der Waals surface area contributed by atoms with Gasteiger partial charge in [0.05, 0.1) is 12.8 Å². The Morgan fingerprint density at radius 1 is 1.41 bits per heavy atom. The first-order valence-corrected chi connectivity index (χ1v) is 7.64. The second-order valence-corrected chi connectivity index (χ2v) is 5.33. The van der Waals surface area contributed by atoms with Crippen LogP contribution >= 0.6 is 0 Å². The van der Waals surface area contributed by atoms with Gasteiger partial charge in [-0.25, -0.2) is 0 Å². The van der Waals surface area contributed by atoms with E-state index in [2.05, 4.69) is 5.32 Å². The molecule has 2 rings (SSSR count). The molecule has 0 unspecified atom stereocenters. The van der Waals surface area contributed by atoms with Crippen LogP contribution in [0.3, 0.4) is 0 Å². The van der Waals surface area contributed by atoms with Crippen LogP contribution in [0.25, 0.3) is 0 Å². The molecule has 3 N–H and O–H groups in total. The normalized spacial score (nSPS) is 14.8. The molecule has 120 valence electrons. The van der Waals surface area contributed by atoms with Crippen molar-refractivity contribution >= 4 is 23.2 Å². The minimum absolute atomic E-state index is 0.0773. The lowest BCUT2D eigenvalue weighted by molar-refractivity contribution is -0.119. The summed E-state index contributed by atoms with van der Waals surface area (Å²) >= 11 is 0. The molecule has 6 heteroatoms. The van der Waals surface area contributed by atoms with Crippen LogP contribution in [-0.4, -0.2) is 32.0 Å². The quantitative estimate of drug-likeness (QED) is 0.840. The highest BCUT2D eigenvalue weighted by Crippen LogP contribution is 2.33. The fourth-order valence-electron chi connectivity index (χ4n) is 2.53. The average Bonchev–Trinajstić information content (AvgIpc) is 2.53. The number of piperidine rings is 1. The minimum Gasteiger partial charge on any atom is -0.495 e. The molecule has 0 aliphatic carbocycles. The van der Waals surface area contributed by atoms with Crippen LogP contribution in [0.5, 0.6) is 5.75 Å². The summed E-state index contributed by atoms with van der Waals surface area (Å²) in [5, 5.41) is 2.83. The predicted octanol–water partition coefficient (Wildman–Crippen LogP) is 1.89. The molecule has 0 spiro atoms. The van der Waals surface area contributed by atoms with E-state index in [0.717, 1.165) is 12.8 Å². The number of nitrogens with two attached hydrogens (primary N) is 1. The monoisotopic (exact) mass is 305 g/mol. The molecular formula is C16H23N3O3. The number of nitrogens with one attached hydrogen (secondary N) is 1. The number of anilines is 2. The van der Waals surface area contributed by atoms with Gasteiger partial charge in [0, 0.05) is 25.1 Å². The van der Waals surface area contributed by atoms with Gasteiger partial charge in [0.2, 0.25) is 11.8 Å². The van der Waals surface area contributed by atoms with Crippen LogP contribution in [0.15, 0.2) is 18.2 Å². The van der Waals surface area contributed by atoms with Crippen molar-refractivity contribution in [2.45, 2.75) is 32.1 Å². The Bertz CT molecular complexity index is 545. The van der Waals surface area contributed by atoms with Crippen molar-refractivity contribution < 1.29 is 14.3 Å². The second-order valence-electron chi connectivity index (χ2n) is 5.33. The third-order valence-electron chi connectivity index (χ3n) is 3.68. The van der Waals surface area contributed by atoms with Crippen LogP contribution in [0.2, 0.25) is 0 Å². The van der Waals surface area contributed by atoms with Crippen molar-refractivity contribution in [2.75, 3.05) is 30.4 Å². The molecule has 1 aromatic carbocycles. The molecule has 2 amide bonds. The van der Waals surface area contributed by atoms with Gasteiger partial charge in [0.1, 0.15) is 5.75 Å². The summed E-state index contributed by atoms with van der Waals surface area (Å²) in [6.07, 6.45) is 3.49. The maximum Gasteiger partial charge on any atom is 0.227 e. The topological polar surface area (TPSA) is 84.7 Å². The molecule has 0 aromatic heterocycles. The summed E-state index contributed by atoms with van der Waals surface area (Å²) in [5.74, 6) is 0.651. The van der Waals surface area contributed by atoms with E-state index in [9.17, 15) is 9.59 Å². The molecule has 1 saturated heterocycles. The predicted molar refractivity (Wildman–Crippen MR) is 86.1 cm³/mol. The van der Waals surface area contributed by atoms with Gasteiger partial charge in [-0.2, -0.15) is 0 Å². The number of benzene rings is 1. The molecule has 0 saturated carbocycles. The van der Waals surface area contributed by atoms with E-state index in [0.29, 0.717) is 49.5 Å². The van der Waals surface area contributed by atoms with Gasteiger partial charge in [-0.15, -0.1) is 0 Å². The van der Waals surface area contributed by atoms with E-state index in [1.807, 2.05) is 0 Å². The standard InChI is InChI=1S/C16H23N3O3/c1-22-14-8-7-12(18-15(20)5-4-9-17)11-13(14)19-10-3-2-6-16(19)21/h7-8,11H,2-6,9-10,17H2,1H3,(H,18,20). The number of carbonyl (C=O) groups is 2. The first-order valence-electron chi connectivity index (χ1n) is 7.64. The molecule has 1 aromatic rings. The number of hydrogen-bond acceptors (Lipinski definition) is 4. The van der Waals surface area contributed by atoms with Crippen molar-refractivity contribution in [3.63, 3.8) is 0 Å². The van der Waals surface area contributed by atoms with Gasteiger partial charge in [-0.1, -0.05) is 0 Å². The fourth-order valence-corrected chi connectivity index (χ4v) is 2.53. The molecule has 0 radical (unpaired) electrons. The lowest BCUT2D eigenvalue weighted by Gasteiger charge is -2.28. The van der Waals surface area contributed by atoms with Gasteiger partial charge in [0.15, 0.2) is 0 Å². The van der Waals surface area contributed by atoms with Crippen LogP contribution in [0.1, 0.15) is 32.1 Å². The van der Waals surface area contributed by atoms with Crippen molar-refractivity contribution in [3.8, 4) is 5.75 Å². The largest absolute Gasteiger partial charge is 0.495 e. The number of ether oxygens (including phenoxy) is 1. The van der Waals surface area contributed by atoms with Gasteiger partial charge in [-0.05, 0) is 44.0 Å². The van der Waals surface area contributed by atoms with Gasteiger partial charge in [0.25, 0.3) is 0 Å². The Labute approximate surface area is 130 Å². The average molecular weight is 305 g/mol. The third kappa shape index (κ3) is 3.98. The molecule has 0 bridgehead atoms. The Morgan fingerprint density at radius 2 is 2.23 bits per heavy atom. The zero-order valence-electron chi connectivity index (χ0n) is 12.9. The number of nitrogens with zero attached hydrogens (tertiary/aromatic N) is 1. The highest BCUT2D eigenvalue weighted by Gasteiger charge is 2.23. The maximum absolute atomic E-state index is 12.1. The molecule has 1 heterocycles. The highest BCUT2D eigenvalue weighted by molar-refractivity contribution is 5.97. The van der Waals surface area contributed by atoms with Gasteiger partial charge in [-0.3, -0.25) is 9.59 Å². The van der Waals surface area contributed by atoms with Crippen molar-refractivity contribution in [1.82, 2.24) is 0 Å². The Kier molecular flexibility index (Phi) is 5.77. The van der Waals surface area contributed by atoms with E-state index in [1.54, 1.807) is 30.2 Å². The van der Waals surface area contributed by atoms with E-state index < -0.39 is 0 Å². The molecule has 1 aliphatic rings. The number of methoxy groups -OCH3 is 1. The van der Waals surface area contributed by atoms with Crippen LogP contribution in [0.4, 0.5) is 11.4 Å². The SMILES string of the molecule is COc1ccc(NC(=O)CCCN)cc1N1CCCCC1=O. The highest BCUT2D eigenvalue weighted by atomic mass is 16.5. The number of rotatable bonds is 6. The number of hydrogen-bond donors (Lipinski definition) is 2. The van der Waals surface area contributed by atoms with E-state index in [-0.39, 0.29) is 11.8 Å². The van der Waals surface area contributed by atoms with Crippen molar-refractivity contribution in [3.05, 3.63) is 18.2 Å². The lowest BCUT2D eigenvalue weighted by Crippen LogP contribution is -2.35. The third-order valence-corrected chi connectivity index (χ3v) is 3.68. The zero-order valence-corrected chi connectivity index (χ0v) is 12.9. The Hall–Kier alpha value is -2.08. The maximum atomic E-state index is 12.1. The number of amides is 2. The number of carbonyl (C=O) groups excluding carboxylic acids is 2. The van der Waals surface area contributed by atoms with Crippen molar-refractivity contribution in [2.24, 2.45) is 5.73 Å². The molecule has 22 heavy (non-hydrogen) atoms. The first kappa shape index (κ1) is 16.3. The molecule has 1 aliphatic heterocycles.